The molecule has 0 aliphatic rings. The van der Waals surface area contributed by atoms with E-state index in [4.69, 9.17) is 0 Å². The van der Waals surface area contributed by atoms with Crippen LogP contribution < -0.4 is 0 Å². The van der Waals surface area contributed by atoms with E-state index < -0.39 is 6.16 Å². The van der Waals surface area contributed by atoms with Gasteiger partial charge in [0.05, 0.1) is 7.11 Å². The Hall–Kier alpha value is -1.32. The average molecular weight is 144 g/mol. The minimum Gasteiger partial charge on any atom is -0.437 e. The van der Waals surface area contributed by atoms with Crippen molar-refractivity contribution in [3.8, 4) is 0 Å². The molecule has 0 radical (unpaired) electrons. The van der Waals surface area contributed by atoms with Crippen molar-refractivity contribution in [3.63, 3.8) is 0 Å². The molecule has 0 fully saturated rings. The number of ether oxygens (including phenoxy) is 2. The van der Waals surface area contributed by atoms with Crippen molar-refractivity contribution in [1.82, 2.24) is 0 Å². The molecule has 56 valence electrons. The fourth-order valence-corrected chi connectivity index (χ4v) is 0.217. The summed E-state index contributed by atoms with van der Waals surface area (Å²) in [6.45, 7) is 1.51. The van der Waals surface area contributed by atoms with Gasteiger partial charge in [0, 0.05) is 5.57 Å². The predicted octanol–water partition coefficient (Wildman–Crippen LogP) is 0.872. The summed E-state index contributed by atoms with van der Waals surface area (Å²) in [5.74, 6) is 0. The van der Waals surface area contributed by atoms with Gasteiger partial charge in [0.1, 0.15) is 12.5 Å². The van der Waals surface area contributed by atoms with Crippen molar-refractivity contribution in [1.29, 1.82) is 0 Å². The van der Waals surface area contributed by atoms with Gasteiger partial charge < -0.3 is 9.47 Å². The third-order valence-electron chi connectivity index (χ3n) is 0.694. The number of rotatable bonds is 2. The predicted molar refractivity (Wildman–Crippen MR) is 33.3 cm³/mol. The van der Waals surface area contributed by atoms with Crippen LogP contribution in [0.1, 0.15) is 6.92 Å². The van der Waals surface area contributed by atoms with Crippen LogP contribution in [0.25, 0.3) is 0 Å². The molecule has 0 aliphatic carbocycles. The summed E-state index contributed by atoms with van der Waals surface area (Å²) in [5, 5.41) is 0. The minimum atomic E-state index is -0.832. The van der Waals surface area contributed by atoms with E-state index in [9.17, 15) is 9.59 Å². The molecule has 0 saturated carbocycles. The van der Waals surface area contributed by atoms with Crippen molar-refractivity contribution in [2.75, 3.05) is 7.11 Å². The lowest BCUT2D eigenvalue weighted by Gasteiger charge is -1.94. The minimum absolute atomic E-state index is 0.324. The van der Waals surface area contributed by atoms with Crippen LogP contribution in [0.3, 0.4) is 0 Å². The maximum atomic E-state index is 10.2. The van der Waals surface area contributed by atoms with E-state index >= 15 is 0 Å². The molecular weight excluding hydrogens is 136 g/mol. The van der Waals surface area contributed by atoms with Gasteiger partial charge in [-0.05, 0) is 6.92 Å². The average Bonchev–Trinajstić information content (AvgIpc) is 1.99. The summed E-state index contributed by atoms with van der Waals surface area (Å²) in [4.78, 5) is 20.1. The van der Waals surface area contributed by atoms with Gasteiger partial charge in [0.15, 0.2) is 0 Å². The molecule has 0 saturated heterocycles. The summed E-state index contributed by atoms with van der Waals surface area (Å²) in [7, 11) is 1.19. The lowest BCUT2D eigenvalue weighted by Crippen LogP contribution is -1.98. The quantitative estimate of drug-likeness (QED) is 0.250. The zero-order valence-electron chi connectivity index (χ0n) is 5.79. The van der Waals surface area contributed by atoms with Gasteiger partial charge in [0.2, 0.25) is 0 Å². The van der Waals surface area contributed by atoms with Crippen molar-refractivity contribution in [2.24, 2.45) is 0 Å². The molecule has 0 rings (SSSR count). The molecule has 0 aromatic heterocycles. The Morgan fingerprint density at radius 3 is 2.50 bits per heavy atom. The number of methoxy groups -OCH3 is 1. The van der Waals surface area contributed by atoms with Gasteiger partial charge in [-0.1, -0.05) is 0 Å². The normalized spacial score (nSPS) is 10.4. The highest BCUT2D eigenvalue weighted by molar-refractivity contribution is 5.72. The first-order chi connectivity index (χ1) is 4.70. The molecule has 0 heterocycles. The molecule has 0 amide bonds. The van der Waals surface area contributed by atoms with E-state index in [-0.39, 0.29) is 0 Å². The van der Waals surface area contributed by atoms with E-state index in [1.54, 1.807) is 0 Å². The molecule has 0 aromatic rings. The molecule has 10 heavy (non-hydrogen) atoms. The maximum absolute atomic E-state index is 10.2. The van der Waals surface area contributed by atoms with Crippen LogP contribution in [0.2, 0.25) is 0 Å². The van der Waals surface area contributed by atoms with E-state index in [0.29, 0.717) is 11.9 Å². The first-order valence-electron chi connectivity index (χ1n) is 2.57. The zero-order chi connectivity index (χ0) is 7.98. The second-order valence-corrected chi connectivity index (χ2v) is 1.55. The van der Waals surface area contributed by atoms with Gasteiger partial charge in [-0.25, -0.2) is 4.79 Å². The van der Waals surface area contributed by atoms with E-state index in [1.807, 2.05) is 0 Å². The van der Waals surface area contributed by atoms with Crippen molar-refractivity contribution < 1.29 is 19.1 Å². The van der Waals surface area contributed by atoms with Crippen LogP contribution in [0.5, 0.6) is 0 Å². The number of allylic oxidation sites excluding steroid dienone is 1. The molecule has 0 N–H and O–H groups in total. The topological polar surface area (TPSA) is 52.6 Å². The lowest BCUT2D eigenvalue weighted by atomic mass is 10.4. The fraction of sp³-hybridized carbons (Fsp3) is 0.333. The molecule has 0 bridgehead atoms. The highest BCUT2D eigenvalue weighted by Crippen LogP contribution is 1.89. The molecule has 0 aliphatic heterocycles. The van der Waals surface area contributed by atoms with E-state index in [1.165, 1.54) is 14.0 Å². The largest absolute Gasteiger partial charge is 0.512 e. The molecule has 4 nitrogen and oxygen atoms in total. The Morgan fingerprint density at radius 2 is 2.10 bits per heavy atom. The van der Waals surface area contributed by atoms with Crippen LogP contribution in [-0.4, -0.2) is 19.6 Å². The molecule has 0 spiro atoms. The van der Waals surface area contributed by atoms with Crippen LogP contribution in [0, 0.1) is 0 Å². The van der Waals surface area contributed by atoms with Gasteiger partial charge in [-0.15, -0.1) is 0 Å². The Labute approximate surface area is 58.4 Å². The molecule has 0 aromatic carbocycles. The van der Waals surface area contributed by atoms with Crippen LogP contribution in [-0.2, 0) is 14.3 Å². The van der Waals surface area contributed by atoms with Crippen LogP contribution in [0.15, 0.2) is 11.8 Å². The lowest BCUT2D eigenvalue weighted by molar-refractivity contribution is -0.104. The number of carbonyl (C=O) groups is 2. The summed E-state index contributed by atoms with van der Waals surface area (Å²) < 4.78 is 8.41. The van der Waals surface area contributed by atoms with Crippen molar-refractivity contribution in [3.05, 3.63) is 11.8 Å². The first-order valence-corrected chi connectivity index (χ1v) is 2.57. The van der Waals surface area contributed by atoms with E-state index in [2.05, 4.69) is 9.47 Å². The van der Waals surface area contributed by atoms with Crippen molar-refractivity contribution >= 4 is 12.4 Å². The number of hydrogen-bond acceptors (Lipinski definition) is 4. The number of hydrogen-bond donors (Lipinski definition) is 0. The summed E-state index contributed by atoms with van der Waals surface area (Å²) in [6.07, 6.45) is 0.767. The third-order valence-corrected chi connectivity index (χ3v) is 0.694. The highest BCUT2D eigenvalue weighted by Gasteiger charge is 1.95. The molecule has 4 heteroatoms. The second-order valence-electron chi connectivity index (χ2n) is 1.55. The second kappa shape index (κ2) is 4.55. The Kier molecular flexibility index (Phi) is 3.95. The summed E-state index contributed by atoms with van der Waals surface area (Å²) in [5.41, 5.74) is 0.324. The summed E-state index contributed by atoms with van der Waals surface area (Å²) in [6, 6.07) is 0. The van der Waals surface area contributed by atoms with Gasteiger partial charge in [-0.2, -0.15) is 0 Å². The zero-order valence-corrected chi connectivity index (χ0v) is 5.79. The fourth-order valence-electron chi connectivity index (χ4n) is 0.217. The number of carbonyl (C=O) groups excluding carboxylic acids is 2. The Morgan fingerprint density at radius 1 is 1.50 bits per heavy atom. The van der Waals surface area contributed by atoms with Crippen LogP contribution >= 0.6 is 0 Å². The third kappa shape index (κ3) is 3.65. The highest BCUT2D eigenvalue weighted by atomic mass is 16.7. The molecule has 0 atom stereocenters. The summed E-state index contributed by atoms with van der Waals surface area (Å²) >= 11 is 0. The molecule has 0 unspecified atom stereocenters. The smallest absolute Gasteiger partial charge is 0.437 e. The monoisotopic (exact) mass is 144 g/mol. The van der Waals surface area contributed by atoms with Gasteiger partial charge >= 0.3 is 6.16 Å². The van der Waals surface area contributed by atoms with E-state index in [0.717, 1.165) is 6.26 Å². The Balaban J connectivity index is 3.71. The first kappa shape index (κ1) is 8.68. The SMILES string of the molecule is COC(=O)OC=C(C)C=O. The number of aldehydes is 1. The van der Waals surface area contributed by atoms with Gasteiger partial charge in [0.25, 0.3) is 0 Å². The standard InChI is InChI=1S/C6H8O4/c1-5(3-7)4-10-6(8)9-2/h3-4H,1-2H3. The molecular formula is C6H8O4. The van der Waals surface area contributed by atoms with Gasteiger partial charge in [-0.3, -0.25) is 4.79 Å². The Bertz CT molecular complexity index is 159. The van der Waals surface area contributed by atoms with Crippen molar-refractivity contribution in [2.45, 2.75) is 6.92 Å². The maximum Gasteiger partial charge on any atom is 0.512 e. The van der Waals surface area contributed by atoms with Crippen LogP contribution in [0.4, 0.5) is 4.79 Å².